The molecule has 0 atom stereocenters. The first-order chi connectivity index (χ1) is 10.5. The van der Waals surface area contributed by atoms with E-state index < -0.39 is 10.9 Å². The number of benzene rings is 1. The predicted molar refractivity (Wildman–Crippen MR) is 82.6 cm³/mol. The number of rotatable bonds is 4. The molecule has 0 aliphatic heterocycles. The van der Waals surface area contributed by atoms with Gasteiger partial charge in [0, 0.05) is 24.7 Å². The van der Waals surface area contributed by atoms with Crippen LogP contribution in [0.25, 0.3) is 11.3 Å². The number of ether oxygens (including phenoxy) is 1. The predicted octanol–water partition coefficient (Wildman–Crippen LogP) is 3.20. The summed E-state index contributed by atoms with van der Waals surface area (Å²) in [4.78, 5) is 22.2. The number of aryl methyl sites for hydroxylation is 1. The van der Waals surface area contributed by atoms with Crippen molar-refractivity contribution in [1.29, 1.82) is 0 Å². The SMILES string of the molecule is CC.CCOC(=O)c1cnn(C)c1-c1cccc([N+](=O)[O-])c1. The van der Waals surface area contributed by atoms with Crippen molar-refractivity contribution in [3.63, 3.8) is 0 Å². The van der Waals surface area contributed by atoms with E-state index in [2.05, 4.69) is 5.10 Å². The van der Waals surface area contributed by atoms with Crippen LogP contribution in [0, 0.1) is 10.1 Å². The molecule has 0 spiro atoms. The van der Waals surface area contributed by atoms with E-state index in [-0.39, 0.29) is 17.9 Å². The highest BCUT2D eigenvalue weighted by Crippen LogP contribution is 2.27. The number of carbonyl (C=O) groups is 1. The third kappa shape index (κ3) is 3.69. The third-order valence-corrected chi connectivity index (χ3v) is 2.76. The van der Waals surface area contributed by atoms with Crippen LogP contribution >= 0.6 is 0 Å². The summed E-state index contributed by atoms with van der Waals surface area (Å²) < 4.78 is 6.45. The van der Waals surface area contributed by atoms with Crippen molar-refractivity contribution >= 4 is 11.7 Å². The summed E-state index contributed by atoms with van der Waals surface area (Å²) >= 11 is 0. The lowest BCUT2D eigenvalue weighted by Crippen LogP contribution is -2.06. The molecular formula is C15H19N3O4. The summed E-state index contributed by atoms with van der Waals surface area (Å²) in [5.74, 6) is -0.498. The Kier molecular flexibility index (Phi) is 6.25. The summed E-state index contributed by atoms with van der Waals surface area (Å²) in [7, 11) is 1.66. The van der Waals surface area contributed by atoms with Gasteiger partial charge in [-0.25, -0.2) is 4.79 Å². The standard InChI is InChI=1S/C13H13N3O4.C2H6/c1-3-20-13(17)11-8-14-15(2)12(11)9-5-4-6-10(7-9)16(18)19;1-2/h4-8H,3H2,1-2H3;1-2H3. The molecule has 7 heteroatoms. The van der Waals surface area contributed by atoms with Gasteiger partial charge in [-0.3, -0.25) is 14.8 Å². The topological polar surface area (TPSA) is 87.3 Å². The second-order valence-electron chi connectivity index (χ2n) is 4.06. The number of carbonyl (C=O) groups excluding carboxylic acids is 1. The van der Waals surface area contributed by atoms with Crippen LogP contribution in [0.1, 0.15) is 31.1 Å². The highest BCUT2D eigenvalue weighted by molar-refractivity contribution is 5.96. The molecule has 0 bridgehead atoms. The van der Waals surface area contributed by atoms with Crippen molar-refractivity contribution in [2.75, 3.05) is 6.61 Å². The number of nitro groups is 1. The van der Waals surface area contributed by atoms with Crippen LogP contribution in [0.15, 0.2) is 30.5 Å². The largest absolute Gasteiger partial charge is 0.462 e. The van der Waals surface area contributed by atoms with Crippen molar-refractivity contribution in [2.45, 2.75) is 20.8 Å². The van der Waals surface area contributed by atoms with Crippen molar-refractivity contribution in [2.24, 2.45) is 7.05 Å². The Morgan fingerprint density at radius 2 is 2.09 bits per heavy atom. The van der Waals surface area contributed by atoms with Gasteiger partial charge in [-0.05, 0) is 6.92 Å². The molecule has 7 nitrogen and oxygen atoms in total. The smallest absolute Gasteiger partial charge is 0.341 e. The second-order valence-corrected chi connectivity index (χ2v) is 4.06. The zero-order valence-corrected chi connectivity index (χ0v) is 13.1. The maximum absolute atomic E-state index is 11.9. The van der Waals surface area contributed by atoms with Gasteiger partial charge in [-0.15, -0.1) is 0 Å². The Morgan fingerprint density at radius 1 is 1.41 bits per heavy atom. The Bertz CT molecular complexity index is 665. The summed E-state index contributed by atoms with van der Waals surface area (Å²) in [6.07, 6.45) is 1.40. The fourth-order valence-corrected chi connectivity index (χ4v) is 1.90. The first kappa shape index (κ1) is 17.4. The van der Waals surface area contributed by atoms with Crippen molar-refractivity contribution in [3.8, 4) is 11.3 Å². The average Bonchev–Trinajstić information content (AvgIpc) is 2.91. The summed E-state index contributed by atoms with van der Waals surface area (Å²) in [5.41, 5.74) is 1.28. The minimum Gasteiger partial charge on any atom is -0.462 e. The van der Waals surface area contributed by atoms with Crippen LogP contribution in [-0.2, 0) is 11.8 Å². The number of hydrogen-bond acceptors (Lipinski definition) is 5. The summed E-state index contributed by atoms with van der Waals surface area (Å²) in [6.45, 7) is 5.96. The lowest BCUT2D eigenvalue weighted by molar-refractivity contribution is -0.384. The van der Waals surface area contributed by atoms with Gasteiger partial charge in [0.1, 0.15) is 5.56 Å². The van der Waals surface area contributed by atoms with Crippen molar-refractivity contribution < 1.29 is 14.5 Å². The van der Waals surface area contributed by atoms with E-state index in [1.54, 1.807) is 26.1 Å². The monoisotopic (exact) mass is 305 g/mol. The molecular weight excluding hydrogens is 286 g/mol. The second kappa shape index (κ2) is 7.92. The number of nitro benzene ring substituents is 1. The van der Waals surface area contributed by atoms with Gasteiger partial charge in [0.25, 0.3) is 5.69 Å². The maximum Gasteiger partial charge on any atom is 0.341 e. The Balaban J connectivity index is 0.00000116. The molecule has 2 rings (SSSR count). The molecule has 0 N–H and O–H groups in total. The molecule has 0 saturated carbocycles. The zero-order valence-electron chi connectivity index (χ0n) is 13.1. The normalized spacial score (nSPS) is 9.64. The Labute approximate surface area is 128 Å². The van der Waals surface area contributed by atoms with E-state index in [0.29, 0.717) is 11.3 Å². The van der Waals surface area contributed by atoms with E-state index >= 15 is 0 Å². The number of aromatic nitrogens is 2. The molecule has 0 saturated heterocycles. The minimum absolute atomic E-state index is 0.0430. The molecule has 0 aliphatic carbocycles. The highest BCUT2D eigenvalue weighted by atomic mass is 16.6. The van der Waals surface area contributed by atoms with Crippen molar-refractivity contribution in [3.05, 3.63) is 46.1 Å². The molecule has 118 valence electrons. The molecule has 0 fully saturated rings. The van der Waals surface area contributed by atoms with Crippen LogP contribution < -0.4 is 0 Å². The fourth-order valence-electron chi connectivity index (χ4n) is 1.90. The molecule has 22 heavy (non-hydrogen) atoms. The van der Waals surface area contributed by atoms with E-state index in [4.69, 9.17) is 4.74 Å². The molecule has 2 aromatic rings. The lowest BCUT2D eigenvalue weighted by Gasteiger charge is -2.06. The molecule has 1 heterocycles. The van der Waals surface area contributed by atoms with Gasteiger partial charge < -0.3 is 4.74 Å². The molecule has 0 amide bonds. The third-order valence-electron chi connectivity index (χ3n) is 2.76. The quantitative estimate of drug-likeness (QED) is 0.492. The van der Waals surface area contributed by atoms with Gasteiger partial charge in [0.15, 0.2) is 0 Å². The zero-order chi connectivity index (χ0) is 16.7. The van der Waals surface area contributed by atoms with Gasteiger partial charge in [0.05, 0.1) is 23.4 Å². The maximum atomic E-state index is 11.9. The number of nitrogens with zero attached hydrogens (tertiary/aromatic N) is 3. The fraction of sp³-hybridized carbons (Fsp3) is 0.333. The Morgan fingerprint density at radius 3 is 2.68 bits per heavy atom. The molecule has 0 aliphatic rings. The van der Waals surface area contributed by atoms with Gasteiger partial charge in [-0.1, -0.05) is 26.0 Å². The molecule has 0 unspecified atom stereocenters. The van der Waals surface area contributed by atoms with E-state index in [1.807, 2.05) is 13.8 Å². The van der Waals surface area contributed by atoms with Crippen LogP contribution in [-0.4, -0.2) is 27.3 Å². The van der Waals surface area contributed by atoms with E-state index in [9.17, 15) is 14.9 Å². The number of non-ortho nitro benzene ring substituents is 1. The van der Waals surface area contributed by atoms with Gasteiger partial charge >= 0.3 is 5.97 Å². The molecule has 1 aromatic heterocycles. The van der Waals surface area contributed by atoms with Gasteiger partial charge in [0.2, 0.25) is 0 Å². The first-order valence-electron chi connectivity index (χ1n) is 6.98. The van der Waals surface area contributed by atoms with Crippen LogP contribution in [0.3, 0.4) is 0 Å². The summed E-state index contributed by atoms with van der Waals surface area (Å²) in [5, 5.41) is 14.8. The average molecular weight is 305 g/mol. The van der Waals surface area contributed by atoms with E-state index in [1.165, 1.54) is 23.0 Å². The van der Waals surface area contributed by atoms with Crippen molar-refractivity contribution in [1.82, 2.24) is 9.78 Å². The number of hydrogen-bond donors (Lipinski definition) is 0. The molecule has 0 radical (unpaired) electrons. The van der Waals surface area contributed by atoms with Gasteiger partial charge in [-0.2, -0.15) is 5.10 Å². The van der Waals surface area contributed by atoms with E-state index in [0.717, 1.165) is 0 Å². The number of esters is 1. The first-order valence-corrected chi connectivity index (χ1v) is 6.98. The van der Waals surface area contributed by atoms with Crippen LogP contribution in [0.2, 0.25) is 0 Å². The lowest BCUT2D eigenvalue weighted by atomic mass is 10.1. The van der Waals surface area contributed by atoms with Crippen LogP contribution in [0.5, 0.6) is 0 Å². The summed E-state index contributed by atoms with van der Waals surface area (Å²) in [6, 6.07) is 6.05. The Hall–Kier alpha value is -2.70. The van der Waals surface area contributed by atoms with Crippen LogP contribution in [0.4, 0.5) is 5.69 Å². The molecule has 1 aromatic carbocycles. The highest BCUT2D eigenvalue weighted by Gasteiger charge is 2.20. The minimum atomic E-state index is -0.498.